The number of benzene rings is 1. The Morgan fingerprint density at radius 3 is 2.14 bits per heavy atom. The highest BCUT2D eigenvalue weighted by Gasteiger charge is 2.39. The average Bonchev–Trinajstić information content (AvgIpc) is 3.54. The first-order valence-corrected chi connectivity index (χ1v) is 11.1. The van der Waals surface area contributed by atoms with E-state index in [2.05, 4.69) is 0 Å². The maximum atomic E-state index is 13.0. The maximum absolute atomic E-state index is 13.0. The first-order valence-electron chi connectivity index (χ1n) is 11.1. The van der Waals surface area contributed by atoms with Gasteiger partial charge < -0.3 is 9.52 Å². The van der Waals surface area contributed by atoms with E-state index in [1.54, 1.807) is 0 Å². The summed E-state index contributed by atoms with van der Waals surface area (Å²) in [4.78, 5) is 26.0. The van der Waals surface area contributed by atoms with Crippen LogP contribution in [0.1, 0.15) is 97.4 Å². The number of fused-ring (bicyclic) bond motifs is 1. The quantitative estimate of drug-likeness (QED) is 0.720. The molecule has 1 heterocycles. The topological polar surface area (TPSA) is 67.5 Å². The Labute approximate surface area is 172 Å². The Morgan fingerprint density at radius 2 is 1.48 bits per heavy atom. The Kier molecular flexibility index (Phi) is 6.17. The molecule has 0 aliphatic heterocycles. The zero-order chi connectivity index (χ0) is 20.2. The van der Waals surface area contributed by atoms with E-state index < -0.39 is 5.63 Å². The molecule has 1 aromatic carbocycles. The van der Waals surface area contributed by atoms with Gasteiger partial charge in [0.2, 0.25) is 0 Å². The third-order valence-electron chi connectivity index (χ3n) is 6.36. The summed E-state index contributed by atoms with van der Waals surface area (Å²) in [6.07, 6.45) is 10.2. The van der Waals surface area contributed by atoms with Gasteiger partial charge in [-0.25, -0.2) is 4.79 Å². The molecule has 0 spiro atoms. The summed E-state index contributed by atoms with van der Waals surface area (Å²) < 4.78 is 5.73. The Bertz CT molecular complexity index is 908. The number of rotatable bonds is 3. The molecule has 0 saturated heterocycles. The van der Waals surface area contributed by atoms with Crippen molar-refractivity contribution in [3.63, 3.8) is 0 Å². The predicted molar refractivity (Wildman–Crippen MR) is 113 cm³/mol. The minimum absolute atomic E-state index is 0.0920. The van der Waals surface area contributed by atoms with E-state index in [1.165, 1.54) is 6.42 Å². The molecule has 1 fully saturated rings. The van der Waals surface area contributed by atoms with Crippen LogP contribution in [0.2, 0.25) is 0 Å². The number of Topliss-reactive ketones (excluding diaryl/α,β-unsaturated/α-hetero) is 1. The molecule has 4 rings (SSSR count). The van der Waals surface area contributed by atoms with Crippen LogP contribution in [0.3, 0.4) is 0 Å². The minimum atomic E-state index is -0.484. The fourth-order valence-electron chi connectivity index (χ4n) is 4.66. The molecule has 154 valence electrons. The van der Waals surface area contributed by atoms with Crippen molar-refractivity contribution < 1.29 is 14.3 Å². The van der Waals surface area contributed by atoms with Crippen LogP contribution in [0.4, 0.5) is 0 Å². The van der Waals surface area contributed by atoms with Crippen LogP contribution in [0.5, 0.6) is 5.75 Å². The fraction of sp³-hybridized carbons (Fsp3) is 0.520. The largest absolute Gasteiger partial charge is 0.506 e. The number of hydrogen-bond acceptors (Lipinski definition) is 4. The van der Waals surface area contributed by atoms with Gasteiger partial charge in [-0.1, -0.05) is 62.4 Å². The van der Waals surface area contributed by atoms with Gasteiger partial charge in [-0.3, -0.25) is 4.79 Å². The molecule has 1 saturated carbocycles. The van der Waals surface area contributed by atoms with E-state index in [0.717, 1.165) is 56.9 Å². The molecule has 1 unspecified atom stereocenters. The lowest BCUT2D eigenvalue weighted by Gasteiger charge is -2.20. The summed E-state index contributed by atoms with van der Waals surface area (Å²) in [7, 11) is 0. The Balaban J connectivity index is 1.79. The molecule has 2 aliphatic carbocycles. The van der Waals surface area contributed by atoms with Gasteiger partial charge in [0.1, 0.15) is 11.5 Å². The smallest absolute Gasteiger partial charge is 0.343 e. The van der Waals surface area contributed by atoms with Gasteiger partial charge in [-0.2, -0.15) is 0 Å². The standard InChI is InChI=1S/C25H30O4/c26-19-13-9-4-2-1-3-5-10-14-20-22(19)24(27)23(25(28)29-20)21(18-15-16-18)17-11-7-6-8-12-17/h6-8,11-12,18,21,27H,1-5,9-10,13-16H2. The highest BCUT2D eigenvalue weighted by Crippen LogP contribution is 2.48. The molecule has 1 N–H and O–H groups in total. The highest BCUT2D eigenvalue weighted by molar-refractivity contribution is 5.99. The van der Waals surface area contributed by atoms with E-state index in [1.807, 2.05) is 30.3 Å². The first kappa shape index (κ1) is 19.9. The second kappa shape index (κ2) is 8.98. The number of aryl methyl sites for hydroxylation is 1. The second-order valence-corrected chi connectivity index (χ2v) is 8.57. The van der Waals surface area contributed by atoms with E-state index in [-0.39, 0.29) is 28.6 Å². The molecule has 0 radical (unpaired) electrons. The normalized spacial score (nSPS) is 19.7. The Morgan fingerprint density at radius 1 is 0.862 bits per heavy atom. The van der Waals surface area contributed by atoms with Crippen LogP contribution in [0.15, 0.2) is 39.5 Å². The number of carbonyl (C=O) groups is 1. The molecule has 1 atom stereocenters. The predicted octanol–water partition coefficient (Wildman–Crippen LogP) is 5.75. The summed E-state index contributed by atoms with van der Waals surface area (Å²) in [5, 5.41) is 11.2. The molecule has 0 amide bonds. The van der Waals surface area contributed by atoms with Gasteiger partial charge >= 0.3 is 5.63 Å². The number of ketones is 1. The summed E-state index contributed by atoms with van der Waals surface area (Å²) in [6.45, 7) is 0. The minimum Gasteiger partial charge on any atom is -0.506 e. The van der Waals surface area contributed by atoms with Gasteiger partial charge in [0.15, 0.2) is 5.78 Å². The summed E-state index contributed by atoms with van der Waals surface area (Å²) in [5.41, 5.74) is 1.06. The molecule has 4 nitrogen and oxygen atoms in total. The average molecular weight is 395 g/mol. The number of hydrogen-bond donors (Lipinski definition) is 1. The lowest BCUT2D eigenvalue weighted by molar-refractivity contribution is 0.0971. The third-order valence-corrected chi connectivity index (χ3v) is 6.36. The summed E-state index contributed by atoms with van der Waals surface area (Å²) in [6, 6.07) is 9.81. The molecular weight excluding hydrogens is 364 g/mol. The van der Waals surface area contributed by atoms with Gasteiger partial charge in [0, 0.05) is 18.8 Å². The van der Waals surface area contributed by atoms with Crippen molar-refractivity contribution in [2.45, 2.75) is 76.5 Å². The van der Waals surface area contributed by atoms with E-state index in [0.29, 0.717) is 24.5 Å². The van der Waals surface area contributed by atoms with Gasteiger partial charge in [0.25, 0.3) is 0 Å². The SMILES string of the molecule is O=C1CCCCCCCCCc2oc(=O)c(C(c3ccccc3)C3CC3)c(O)c21. The van der Waals surface area contributed by atoms with Crippen molar-refractivity contribution in [1.82, 2.24) is 0 Å². The van der Waals surface area contributed by atoms with Crippen molar-refractivity contribution in [3.05, 3.63) is 63.2 Å². The van der Waals surface area contributed by atoms with Crippen LogP contribution in [-0.2, 0) is 6.42 Å². The molecule has 0 bridgehead atoms. The molecule has 2 aliphatic rings. The van der Waals surface area contributed by atoms with Gasteiger partial charge in [0.05, 0.1) is 11.1 Å². The lowest BCUT2D eigenvalue weighted by Crippen LogP contribution is -2.20. The van der Waals surface area contributed by atoms with Crippen LogP contribution < -0.4 is 5.63 Å². The lowest BCUT2D eigenvalue weighted by atomic mass is 9.85. The molecule has 2 aromatic rings. The van der Waals surface area contributed by atoms with E-state index in [9.17, 15) is 14.7 Å². The van der Waals surface area contributed by atoms with E-state index in [4.69, 9.17) is 4.42 Å². The van der Waals surface area contributed by atoms with Gasteiger partial charge in [-0.05, 0) is 37.2 Å². The highest BCUT2D eigenvalue weighted by atomic mass is 16.4. The first-order chi connectivity index (χ1) is 14.2. The van der Waals surface area contributed by atoms with Crippen molar-refractivity contribution in [1.29, 1.82) is 0 Å². The fourth-order valence-corrected chi connectivity index (χ4v) is 4.66. The third kappa shape index (κ3) is 4.47. The molecule has 1 aromatic heterocycles. The molecular formula is C25H30O4. The van der Waals surface area contributed by atoms with Crippen molar-refractivity contribution in [3.8, 4) is 5.75 Å². The number of carbonyl (C=O) groups excluding carboxylic acids is 1. The van der Waals surface area contributed by atoms with Crippen LogP contribution in [0.25, 0.3) is 0 Å². The second-order valence-electron chi connectivity index (χ2n) is 8.57. The van der Waals surface area contributed by atoms with Crippen molar-refractivity contribution >= 4 is 5.78 Å². The molecule has 4 heteroatoms. The van der Waals surface area contributed by atoms with Crippen LogP contribution in [-0.4, -0.2) is 10.9 Å². The maximum Gasteiger partial charge on any atom is 0.343 e. The van der Waals surface area contributed by atoms with Crippen LogP contribution >= 0.6 is 0 Å². The monoisotopic (exact) mass is 394 g/mol. The van der Waals surface area contributed by atoms with E-state index >= 15 is 0 Å². The van der Waals surface area contributed by atoms with Crippen molar-refractivity contribution in [2.24, 2.45) is 5.92 Å². The van der Waals surface area contributed by atoms with Gasteiger partial charge in [-0.15, -0.1) is 0 Å². The zero-order valence-electron chi connectivity index (χ0n) is 17.0. The van der Waals surface area contributed by atoms with Crippen molar-refractivity contribution in [2.75, 3.05) is 0 Å². The summed E-state index contributed by atoms with van der Waals surface area (Å²) in [5.74, 6) is 0.256. The molecule has 29 heavy (non-hydrogen) atoms. The Hall–Kier alpha value is -2.36. The summed E-state index contributed by atoms with van der Waals surface area (Å²) >= 11 is 0. The zero-order valence-corrected chi connectivity index (χ0v) is 17.0. The van der Waals surface area contributed by atoms with Crippen LogP contribution in [0, 0.1) is 5.92 Å². The number of aromatic hydroxyl groups is 1.